The summed E-state index contributed by atoms with van der Waals surface area (Å²) in [6, 6.07) is 13.1. The minimum atomic E-state index is -0.109. The molecule has 1 aromatic carbocycles. The Balaban J connectivity index is 1.52. The fourth-order valence-corrected chi connectivity index (χ4v) is 3.25. The van der Waals surface area contributed by atoms with Crippen LogP contribution in [0.15, 0.2) is 52.6 Å². The van der Waals surface area contributed by atoms with Gasteiger partial charge in [0.1, 0.15) is 5.75 Å². The van der Waals surface area contributed by atoms with Crippen molar-refractivity contribution < 1.29 is 9.53 Å². The second kappa shape index (κ2) is 7.98. The van der Waals surface area contributed by atoms with Crippen molar-refractivity contribution in [1.82, 2.24) is 9.88 Å². The van der Waals surface area contributed by atoms with Crippen molar-refractivity contribution in [2.24, 2.45) is 7.05 Å². The quantitative estimate of drug-likeness (QED) is 0.662. The summed E-state index contributed by atoms with van der Waals surface area (Å²) in [6.45, 7) is 0.959. The first kappa shape index (κ1) is 17.2. The van der Waals surface area contributed by atoms with Gasteiger partial charge < -0.3 is 14.6 Å². The lowest BCUT2D eigenvalue weighted by Gasteiger charge is -2.11. The van der Waals surface area contributed by atoms with Crippen LogP contribution in [0.2, 0.25) is 0 Å². The number of ether oxygens (including phenoxy) is 1. The molecular weight excluding hydrogens is 336 g/mol. The van der Waals surface area contributed by atoms with Gasteiger partial charge in [-0.1, -0.05) is 18.2 Å². The van der Waals surface area contributed by atoms with E-state index in [1.807, 2.05) is 41.8 Å². The van der Waals surface area contributed by atoms with Gasteiger partial charge in [0, 0.05) is 29.8 Å². The highest BCUT2D eigenvalue weighted by Gasteiger charge is 2.08. The van der Waals surface area contributed by atoms with E-state index < -0.39 is 0 Å². The number of carbonyl (C=O) groups excluding carboxylic acids is 1. The van der Waals surface area contributed by atoms with Crippen LogP contribution in [0.5, 0.6) is 5.75 Å². The van der Waals surface area contributed by atoms with E-state index in [0.29, 0.717) is 31.7 Å². The standard InChI is InChI=1S/C19H20N2O3S/c1-21-16-8-3-2-7-15(16)17(12-19(21)23)24-10-4-9-18(22)20-13-14-6-5-11-25-14/h2-3,5-8,11-12H,4,9-10,13H2,1H3,(H,20,22). The minimum absolute atomic E-state index is 0.00540. The van der Waals surface area contributed by atoms with Crippen LogP contribution in [0, 0.1) is 0 Å². The molecule has 0 aliphatic rings. The van der Waals surface area contributed by atoms with Gasteiger partial charge in [0.15, 0.2) is 0 Å². The van der Waals surface area contributed by atoms with Crippen molar-refractivity contribution in [3.63, 3.8) is 0 Å². The van der Waals surface area contributed by atoms with Crippen molar-refractivity contribution >= 4 is 28.1 Å². The van der Waals surface area contributed by atoms with Gasteiger partial charge in [-0.25, -0.2) is 0 Å². The van der Waals surface area contributed by atoms with E-state index in [2.05, 4.69) is 5.32 Å². The van der Waals surface area contributed by atoms with Gasteiger partial charge in [-0.2, -0.15) is 0 Å². The van der Waals surface area contributed by atoms with E-state index in [0.717, 1.165) is 15.8 Å². The predicted octanol–water partition coefficient (Wildman–Crippen LogP) is 3.08. The molecule has 5 nitrogen and oxygen atoms in total. The average Bonchev–Trinajstić information content (AvgIpc) is 3.14. The number of carbonyl (C=O) groups is 1. The van der Waals surface area contributed by atoms with Crippen LogP contribution in [0.4, 0.5) is 0 Å². The maximum absolute atomic E-state index is 12.0. The van der Waals surface area contributed by atoms with E-state index in [-0.39, 0.29) is 11.5 Å². The minimum Gasteiger partial charge on any atom is -0.493 e. The summed E-state index contributed by atoms with van der Waals surface area (Å²) >= 11 is 1.62. The first-order valence-electron chi connectivity index (χ1n) is 8.16. The molecule has 2 aromatic heterocycles. The second-order valence-electron chi connectivity index (χ2n) is 5.73. The molecule has 0 saturated heterocycles. The first-order valence-corrected chi connectivity index (χ1v) is 9.04. The number of benzene rings is 1. The molecular formula is C19H20N2O3S. The summed E-state index contributed by atoms with van der Waals surface area (Å²) in [5, 5.41) is 5.78. The molecule has 25 heavy (non-hydrogen) atoms. The lowest BCUT2D eigenvalue weighted by atomic mass is 10.2. The van der Waals surface area contributed by atoms with Gasteiger partial charge in [0.25, 0.3) is 5.56 Å². The fourth-order valence-electron chi connectivity index (χ4n) is 2.60. The van der Waals surface area contributed by atoms with Crippen molar-refractivity contribution in [2.75, 3.05) is 6.61 Å². The number of aromatic nitrogens is 1. The van der Waals surface area contributed by atoms with Gasteiger partial charge in [-0.05, 0) is 30.0 Å². The van der Waals surface area contributed by atoms with Gasteiger partial charge in [0.05, 0.1) is 18.7 Å². The molecule has 0 saturated carbocycles. The van der Waals surface area contributed by atoms with Crippen molar-refractivity contribution in [2.45, 2.75) is 19.4 Å². The molecule has 3 rings (SSSR count). The van der Waals surface area contributed by atoms with Crippen LogP contribution in [0.1, 0.15) is 17.7 Å². The number of para-hydroxylation sites is 1. The molecule has 0 bridgehead atoms. The molecule has 0 atom stereocenters. The topological polar surface area (TPSA) is 60.3 Å². The largest absolute Gasteiger partial charge is 0.493 e. The second-order valence-corrected chi connectivity index (χ2v) is 6.76. The fraction of sp³-hybridized carbons (Fsp3) is 0.263. The number of hydrogen-bond donors (Lipinski definition) is 1. The Morgan fingerprint density at radius 3 is 2.88 bits per heavy atom. The lowest BCUT2D eigenvalue weighted by molar-refractivity contribution is -0.121. The maximum atomic E-state index is 12.0. The van der Waals surface area contributed by atoms with Crippen LogP contribution in [-0.4, -0.2) is 17.1 Å². The molecule has 3 aromatic rings. The van der Waals surface area contributed by atoms with Crippen molar-refractivity contribution in [3.05, 3.63) is 63.1 Å². The summed E-state index contributed by atoms with van der Waals surface area (Å²) in [4.78, 5) is 25.0. The van der Waals surface area contributed by atoms with Gasteiger partial charge in [-0.3, -0.25) is 9.59 Å². The Hall–Kier alpha value is -2.60. The monoisotopic (exact) mass is 356 g/mol. The molecule has 0 aliphatic carbocycles. The van der Waals surface area contributed by atoms with Crippen LogP contribution in [0.25, 0.3) is 10.9 Å². The number of nitrogens with one attached hydrogen (secondary N) is 1. The van der Waals surface area contributed by atoms with E-state index in [4.69, 9.17) is 4.74 Å². The summed E-state index contributed by atoms with van der Waals surface area (Å²) < 4.78 is 7.36. The average molecular weight is 356 g/mol. The van der Waals surface area contributed by atoms with Crippen LogP contribution in [0.3, 0.4) is 0 Å². The highest BCUT2D eigenvalue weighted by atomic mass is 32.1. The number of aryl methyl sites for hydroxylation is 1. The number of amides is 1. The Bertz CT molecular complexity index is 916. The number of hydrogen-bond acceptors (Lipinski definition) is 4. The lowest BCUT2D eigenvalue weighted by Crippen LogP contribution is -2.22. The first-order chi connectivity index (χ1) is 12.1. The zero-order chi connectivity index (χ0) is 17.6. The smallest absolute Gasteiger partial charge is 0.254 e. The Morgan fingerprint density at radius 2 is 2.08 bits per heavy atom. The number of pyridine rings is 1. The van der Waals surface area contributed by atoms with E-state index in [1.165, 1.54) is 6.07 Å². The van der Waals surface area contributed by atoms with Crippen LogP contribution in [-0.2, 0) is 18.4 Å². The maximum Gasteiger partial charge on any atom is 0.254 e. The number of nitrogens with zero attached hydrogens (tertiary/aromatic N) is 1. The zero-order valence-corrected chi connectivity index (χ0v) is 14.8. The Labute approximate surface area is 149 Å². The molecule has 0 fully saturated rings. The highest BCUT2D eigenvalue weighted by molar-refractivity contribution is 7.09. The van der Waals surface area contributed by atoms with E-state index >= 15 is 0 Å². The summed E-state index contributed by atoms with van der Waals surface area (Å²) in [7, 11) is 1.74. The molecule has 0 spiro atoms. The normalized spacial score (nSPS) is 10.8. The number of rotatable bonds is 7. The molecule has 2 heterocycles. The van der Waals surface area contributed by atoms with Gasteiger partial charge in [0.2, 0.25) is 5.91 Å². The number of thiophene rings is 1. The van der Waals surface area contributed by atoms with Gasteiger partial charge in [-0.15, -0.1) is 11.3 Å². The third kappa shape index (κ3) is 4.28. The van der Waals surface area contributed by atoms with Crippen LogP contribution < -0.4 is 15.6 Å². The Kier molecular flexibility index (Phi) is 5.50. The molecule has 0 unspecified atom stereocenters. The molecule has 130 valence electrons. The molecule has 1 N–H and O–H groups in total. The SMILES string of the molecule is Cn1c(=O)cc(OCCCC(=O)NCc2cccs2)c2ccccc21. The molecule has 0 radical (unpaired) electrons. The van der Waals surface area contributed by atoms with Crippen molar-refractivity contribution in [1.29, 1.82) is 0 Å². The molecule has 1 amide bonds. The third-order valence-corrected chi connectivity index (χ3v) is 4.84. The summed E-state index contributed by atoms with van der Waals surface area (Å²) in [5.74, 6) is 0.573. The van der Waals surface area contributed by atoms with Gasteiger partial charge >= 0.3 is 0 Å². The predicted molar refractivity (Wildman–Crippen MR) is 100 cm³/mol. The zero-order valence-electron chi connectivity index (χ0n) is 14.0. The van der Waals surface area contributed by atoms with Crippen molar-refractivity contribution in [3.8, 4) is 5.75 Å². The third-order valence-electron chi connectivity index (χ3n) is 3.96. The number of fused-ring (bicyclic) bond motifs is 1. The highest BCUT2D eigenvalue weighted by Crippen LogP contribution is 2.23. The van der Waals surface area contributed by atoms with Crippen LogP contribution >= 0.6 is 11.3 Å². The summed E-state index contributed by atoms with van der Waals surface area (Å²) in [5.41, 5.74) is 0.723. The Morgan fingerprint density at radius 1 is 1.24 bits per heavy atom. The molecule has 0 aliphatic heterocycles. The molecule has 6 heteroatoms. The summed E-state index contributed by atoms with van der Waals surface area (Å²) in [6.07, 6.45) is 0.994. The van der Waals surface area contributed by atoms with E-state index in [9.17, 15) is 9.59 Å². The van der Waals surface area contributed by atoms with E-state index in [1.54, 1.807) is 23.0 Å².